The van der Waals surface area contributed by atoms with Gasteiger partial charge in [0.05, 0.1) is 18.3 Å². The largest absolute Gasteiger partial charge is 0.458 e. The summed E-state index contributed by atoms with van der Waals surface area (Å²) in [4.78, 5) is 12.1. The fourth-order valence-corrected chi connectivity index (χ4v) is 6.20. The van der Waals surface area contributed by atoms with Crippen LogP contribution in [-0.2, 0) is 14.3 Å². The smallest absolute Gasteiger partial charge is 0.332 e. The van der Waals surface area contributed by atoms with Crippen LogP contribution in [0.4, 0.5) is 0 Å². The lowest BCUT2D eigenvalue weighted by Crippen LogP contribution is -2.39. The van der Waals surface area contributed by atoms with Crippen LogP contribution >= 0.6 is 0 Å². The summed E-state index contributed by atoms with van der Waals surface area (Å²) < 4.78 is 11.4. The molecular formula is C27H42O5. The number of carbonyl (C=O) groups is 1. The second-order valence-corrected chi connectivity index (χ2v) is 11.3. The Hall–Kier alpha value is -1.43. The topological polar surface area (TPSA) is 76.0 Å². The van der Waals surface area contributed by atoms with E-state index in [-0.39, 0.29) is 24.1 Å². The molecule has 0 saturated heterocycles. The molecule has 5 heteroatoms. The van der Waals surface area contributed by atoms with Crippen molar-refractivity contribution in [3.8, 4) is 0 Å². The molecule has 0 unspecified atom stereocenters. The van der Waals surface area contributed by atoms with E-state index in [4.69, 9.17) is 9.47 Å². The molecule has 0 bridgehead atoms. The Morgan fingerprint density at radius 3 is 2.69 bits per heavy atom. The standard InChI is InChI=1S/C27H42O5/c1-17-20(14-21(28)15-24(17)29)10-9-19-8-7-13-27(6)22(11-12-23(19)27)18(2)31-16-25(30)32-26(3,4)5/h9-10,18,21-24,28-29H,1,7-8,11-16H2,2-6H3/t18-,21+,22+,23-,24-,27+/m0/s1. The molecule has 0 aromatic heterocycles. The molecule has 0 aromatic carbocycles. The molecule has 6 atom stereocenters. The maximum Gasteiger partial charge on any atom is 0.332 e. The Bertz CT molecular complexity index is 773. The molecule has 0 spiro atoms. The first kappa shape index (κ1) is 25.2. The van der Waals surface area contributed by atoms with E-state index in [0.717, 1.165) is 36.8 Å². The number of hydrogen-bond acceptors (Lipinski definition) is 5. The zero-order valence-electron chi connectivity index (χ0n) is 20.5. The van der Waals surface area contributed by atoms with Crippen LogP contribution in [0.1, 0.15) is 79.6 Å². The summed E-state index contributed by atoms with van der Waals surface area (Å²) in [5, 5.41) is 20.2. The quantitative estimate of drug-likeness (QED) is 0.589. The Balaban J connectivity index is 1.68. The number of ether oxygens (including phenoxy) is 2. The van der Waals surface area contributed by atoms with Gasteiger partial charge in [0, 0.05) is 6.42 Å². The van der Waals surface area contributed by atoms with Crippen LogP contribution in [0.3, 0.4) is 0 Å². The average Bonchev–Trinajstić information content (AvgIpc) is 3.04. The van der Waals surface area contributed by atoms with Gasteiger partial charge in [-0.15, -0.1) is 0 Å². The fourth-order valence-electron chi connectivity index (χ4n) is 6.20. The maximum atomic E-state index is 12.1. The summed E-state index contributed by atoms with van der Waals surface area (Å²) in [5.41, 5.74) is 2.80. The predicted molar refractivity (Wildman–Crippen MR) is 126 cm³/mol. The van der Waals surface area contributed by atoms with Crippen LogP contribution in [0.5, 0.6) is 0 Å². The van der Waals surface area contributed by atoms with E-state index in [0.29, 0.717) is 24.7 Å². The van der Waals surface area contributed by atoms with E-state index in [1.54, 1.807) is 0 Å². The molecule has 0 radical (unpaired) electrons. The normalized spacial score (nSPS) is 36.9. The van der Waals surface area contributed by atoms with Gasteiger partial charge in [-0.25, -0.2) is 4.79 Å². The highest BCUT2D eigenvalue weighted by atomic mass is 16.6. The number of fused-ring (bicyclic) bond motifs is 1. The Morgan fingerprint density at radius 1 is 1.28 bits per heavy atom. The van der Waals surface area contributed by atoms with Gasteiger partial charge in [-0.05, 0) is 94.6 Å². The lowest BCUT2D eigenvalue weighted by Gasteiger charge is -2.44. The number of esters is 1. The van der Waals surface area contributed by atoms with Gasteiger partial charge < -0.3 is 19.7 Å². The molecule has 5 nitrogen and oxygen atoms in total. The second-order valence-electron chi connectivity index (χ2n) is 11.3. The number of aliphatic hydroxyl groups excluding tert-OH is 2. The van der Waals surface area contributed by atoms with Crippen molar-refractivity contribution in [2.24, 2.45) is 17.3 Å². The summed E-state index contributed by atoms with van der Waals surface area (Å²) in [6.07, 6.45) is 9.68. The number of carbonyl (C=O) groups excluding carboxylic acids is 1. The van der Waals surface area contributed by atoms with Gasteiger partial charge in [0.25, 0.3) is 0 Å². The third-order valence-corrected chi connectivity index (χ3v) is 7.75. The van der Waals surface area contributed by atoms with Gasteiger partial charge in [0.2, 0.25) is 0 Å². The van der Waals surface area contributed by atoms with Crippen molar-refractivity contribution in [1.29, 1.82) is 0 Å². The zero-order chi connectivity index (χ0) is 23.7. The van der Waals surface area contributed by atoms with Gasteiger partial charge >= 0.3 is 5.97 Å². The SMILES string of the molecule is C=C1C(=CC=C2CCC[C@]3(C)[C@@H]([C@H](C)OCC(=O)OC(C)(C)C)CC[C@@H]23)C[C@@H](O)C[C@@H]1O. The van der Waals surface area contributed by atoms with E-state index >= 15 is 0 Å². The third-order valence-electron chi connectivity index (χ3n) is 7.75. The van der Waals surface area contributed by atoms with Crippen molar-refractivity contribution in [2.45, 2.75) is 103 Å². The molecular weight excluding hydrogens is 404 g/mol. The van der Waals surface area contributed by atoms with Crippen molar-refractivity contribution in [3.63, 3.8) is 0 Å². The highest BCUT2D eigenvalue weighted by Gasteiger charge is 2.51. The van der Waals surface area contributed by atoms with Crippen LogP contribution in [0.25, 0.3) is 0 Å². The minimum Gasteiger partial charge on any atom is -0.458 e. The number of hydrogen-bond donors (Lipinski definition) is 2. The molecule has 0 aromatic rings. The van der Waals surface area contributed by atoms with Gasteiger partial charge in [-0.2, -0.15) is 0 Å². The van der Waals surface area contributed by atoms with Crippen molar-refractivity contribution in [1.82, 2.24) is 0 Å². The van der Waals surface area contributed by atoms with Crippen LogP contribution < -0.4 is 0 Å². The molecule has 3 aliphatic rings. The molecule has 0 amide bonds. The van der Waals surface area contributed by atoms with Crippen molar-refractivity contribution in [2.75, 3.05) is 6.61 Å². The van der Waals surface area contributed by atoms with Crippen molar-refractivity contribution in [3.05, 3.63) is 35.5 Å². The first-order valence-corrected chi connectivity index (χ1v) is 12.2. The Morgan fingerprint density at radius 2 is 2.00 bits per heavy atom. The molecule has 180 valence electrons. The fraction of sp³-hybridized carbons (Fsp3) is 0.741. The molecule has 3 saturated carbocycles. The second kappa shape index (κ2) is 9.82. The average molecular weight is 447 g/mol. The minimum absolute atomic E-state index is 0.00126. The molecule has 0 heterocycles. The third kappa shape index (κ3) is 5.73. The molecule has 0 aliphatic heterocycles. The van der Waals surface area contributed by atoms with Crippen LogP contribution in [-0.4, -0.2) is 46.7 Å². The summed E-state index contributed by atoms with van der Waals surface area (Å²) in [6.45, 7) is 14.1. The van der Waals surface area contributed by atoms with Gasteiger partial charge in [0.1, 0.15) is 12.2 Å². The number of aliphatic hydroxyl groups is 2. The van der Waals surface area contributed by atoms with E-state index in [9.17, 15) is 15.0 Å². The maximum absolute atomic E-state index is 12.1. The van der Waals surface area contributed by atoms with Crippen molar-refractivity contribution < 1.29 is 24.5 Å². The van der Waals surface area contributed by atoms with Gasteiger partial charge in [-0.1, -0.05) is 31.2 Å². The predicted octanol–water partition coefficient (Wildman–Crippen LogP) is 4.87. The van der Waals surface area contributed by atoms with Crippen LogP contribution in [0, 0.1) is 17.3 Å². The summed E-state index contributed by atoms with van der Waals surface area (Å²) >= 11 is 0. The van der Waals surface area contributed by atoms with Gasteiger partial charge in [-0.3, -0.25) is 0 Å². The number of rotatable bonds is 5. The Labute approximate surface area is 193 Å². The van der Waals surface area contributed by atoms with Crippen LogP contribution in [0.2, 0.25) is 0 Å². The van der Waals surface area contributed by atoms with E-state index in [1.807, 2.05) is 20.8 Å². The van der Waals surface area contributed by atoms with Gasteiger partial charge in [0.15, 0.2) is 0 Å². The monoisotopic (exact) mass is 446 g/mol. The molecule has 3 rings (SSSR count). The number of allylic oxidation sites excluding steroid dienone is 3. The first-order valence-electron chi connectivity index (χ1n) is 12.2. The van der Waals surface area contributed by atoms with Crippen molar-refractivity contribution >= 4 is 5.97 Å². The first-order chi connectivity index (χ1) is 14.9. The summed E-state index contributed by atoms with van der Waals surface area (Å²) in [6, 6.07) is 0. The summed E-state index contributed by atoms with van der Waals surface area (Å²) in [7, 11) is 0. The zero-order valence-corrected chi connectivity index (χ0v) is 20.5. The lowest BCUT2D eigenvalue weighted by atomic mass is 9.62. The van der Waals surface area contributed by atoms with E-state index in [2.05, 4.69) is 32.6 Å². The minimum atomic E-state index is -0.654. The summed E-state index contributed by atoms with van der Waals surface area (Å²) in [5.74, 6) is 0.592. The molecule has 3 aliphatic carbocycles. The molecule has 3 fully saturated rings. The Kier molecular flexibility index (Phi) is 7.73. The molecule has 2 N–H and O–H groups in total. The van der Waals surface area contributed by atoms with E-state index < -0.39 is 17.8 Å². The van der Waals surface area contributed by atoms with Crippen LogP contribution in [0.15, 0.2) is 35.5 Å². The van der Waals surface area contributed by atoms with E-state index in [1.165, 1.54) is 12.0 Å². The highest BCUT2D eigenvalue weighted by Crippen LogP contribution is 2.58. The molecule has 32 heavy (non-hydrogen) atoms. The lowest BCUT2D eigenvalue weighted by molar-refractivity contribution is -0.164. The highest BCUT2D eigenvalue weighted by molar-refractivity contribution is 5.71.